The summed E-state index contributed by atoms with van der Waals surface area (Å²) in [4.78, 5) is 0. The fourth-order valence-corrected chi connectivity index (χ4v) is 1.92. The Bertz CT molecular complexity index is 573. The Hall–Kier alpha value is -1.58. The molecule has 0 radical (unpaired) electrons. The summed E-state index contributed by atoms with van der Waals surface area (Å²) in [6.07, 6.45) is 0. The van der Waals surface area contributed by atoms with E-state index in [9.17, 15) is 0 Å². The van der Waals surface area contributed by atoms with Gasteiger partial charge in [0, 0.05) is 23.5 Å². The fraction of sp³-hybridized carbons (Fsp3) is 0.0769. The molecule has 18 heavy (non-hydrogen) atoms. The van der Waals surface area contributed by atoms with E-state index in [0.29, 0.717) is 21.5 Å². The zero-order valence-corrected chi connectivity index (χ0v) is 11.2. The minimum atomic E-state index is 0.473. The van der Waals surface area contributed by atoms with E-state index in [1.54, 1.807) is 25.3 Å². The predicted molar refractivity (Wildman–Crippen MR) is 77.2 cm³/mol. The number of benzene rings is 2. The summed E-state index contributed by atoms with van der Waals surface area (Å²) in [6, 6.07) is 10.7. The number of anilines is 3. The van der Waals surface area contributed by atoms with Crippen molar-refractivity contribution in [2.75, 3.05) is 18.2 Å². The molecule has 0 unspecified atom stereocenters. The Labute approximate surface area is 115 Å². The van der Waals surface area contributed by atoms with Crippen LogP contribution in [-0.4, -0.2) is 7.11 Å². The van der Waals surface area contributed by atoms with Crippen LogP contribution in [0.25, 0.3) is 0 Å². The van der Waals surface area contributed by atoms with E-state index in [0.717, 1.165) is 11.4 Å². The Balaban J connectivity index is 2.34. The van der Waals surface area contributed by atoms with Gasteiger partial charge in [-0.2, -0.15) is 0 Å². The van der Waals surface area contributed by atoms with Gasteiger partial charge < -0.3 is 15.8 Å². The highest BCUT2D eigenvalue weighted by Gasteiger charge is 2.05. The SMILES string of the molecule is COc1cc(N)cc(Nc2cccc(Cl)c2Cl)c1. The molecular formula is C13H12Cl2N2O. The Kier molecular flexibility index (Phi) is 3.84. The van der Waals surface area contributed by atoms with Gasteiger partial charge in [0.2, 0.25) is 0 Å². The third-order valence-corrected chi connectivity index (χ3v) is 3.21. The van der Waals surface area contributed by atoms with Crippen LogP contribution in [0.4, 0.5) is 17.1 Å². The summed E-state index contributed by atoms with van der Waals surface area (Å²) in [5.41, 5.74) is 7.89. The zero-order chi connectivity index (χ0) is 13.1. The highest BCUT2D eigenvalue weighted by Crippen LogP contribution is 2.33. The minimum Gasteiger partial charge on any atom is -0.497 e. The topological polar surface area (TPSA) is 47.3 Å². The van der Waals surface area contributed by atoms with E-state index in [1.165, 1.54) is 0 Å². The molecular weight excluding hydrogens is 271 g/mol. The second-order valence-corrected chi connectivity index (χ2v) is 4.51. The first-order valence-electron chi connectivity index (χ1n) is 5.26. The molecule has 0 amide bonds. The molecule has 5 heteroatoms. The lowest BCUT2D eigenvalue weighted by Gasteiger charge is -2.11. The van der Waals surface area contributed by atoms with Crippen molar-refractivity contribution in [3.63, 3.8) is 0 Å². The molecule has 2 rings (SSSR count). The highest BCUT2D eigenvalue weighted by atomic mass is 35.5. The zero-order valence-electron chi connectivity index (χ0n) is 9.71. The molecule has 0 aliphatic heterocycles. The third kappa shape index (κ3) is 2.81. The number of rotatable bonds is 3. The fourth-order valence-electron chi connectivity index (χ4n) is 1.57. The van der Waals surface area contributed by atoms with Gasteiger partial charge in [0.15, 0.2) is 0 Å². The first kappa shape index (κ1) is 12.9. The van der Waals surface area contributed by atoms with Crippen LogP contribution in [-0.2, 0) is 0 Å². The quantitative estimate of drug-likeness (QED) is 0.824. The summed E-state index contributed by atoms with van der Waals surface area (Å²) in [6.45, 7) is 0. The summed E-state index contributed by atoms with van der Waals surface area (Å²) in [7, 11) is 1.59. The first-order chi connectivity index (χ1) is 8.60. The molecule has 0 saturated heterocycles. The van der Waals surface area contributed by atoms with Crippen LogP contribution in [0.1, 0.15) is 0 Å². The van der Waals surface area contributed by atoms with Crippen molar-refractivity contribution in [2.24, 2.45) is 0 Å². The van der Waals surface area contributed by atoms with Crippen molar-refractivity contribution < 1.29 is 4.74 Å². The van der Waals surface area contributed by atoms with Gasteiger partial charge >= 0.3 is 0 Å². The molecule has 3 N–H and O–H groups in total. The number of hydrogen-bond acceptors (Lipinski definition) is 3. The van der Waals surface area contributed by atoms with Crippen LogP contribution in [0.2, 0.25) is 10.0 Å². The molecule has 0 aliphatic rings. The molecule has 0 saturated carbocycles. The molecule has 2 aromatic carbocycles. The van der Waals surface area contributed by atoms with Gasteiger partial charge in [0.1, 0.15) is 5.75 Å². The lowest BCUT2D eigenvalue weighted by molar-refractivity contribution is 0.415. The van der Waals surface area contributed by atoms with Crippen molar-refractivity contribution in [3.05, 3.63) is 46.4 Å². The van der Waals surface area contributed by atoms with Gasteiger partial charge in [0.05, 0.1) is 22.8 Å². The lowest BCUT2D eigenvalue weighted by Crippen LogP contribution is -1.95. The molecule has 0 fully saturated rings. The number of ether oxygens (including phenoxy) is 1. The third-order valence-electron chi connectivity index (χ3n) is 2.40. The number of halogens is 2. The molecule has 0 spiro atoms. The minimum absolute atomic E-state index is 0.473. The van der Waals surface area contributed by atoms with E-state index >= 15 is 0 Å². The number of methoxy groups -OCH3 is 1. The second kappa shape index (κ2) is 5.38. The number of nitrogens with two attached hydrogens (primary N) is 1. The maximum absolute atomic E-state index is 6.10. The lowest BCUT2D eigenvalue weighted by atomic mass is 10.2. The molecule has 0 bridgehead atoms. The molecule has 2 aromatic rings. The molecule has 0 heterocycles. The average Bonchev–Trinajstić information content (AvgIpc) is 2.34. The van der Waals surface area contributed by atoms with Crippen molar-refractivity contribution in [2.45, 2.75) is 0 Å². The van der Waals surface area contributed by atoms with Gasteiger partial charge in [-0.3, -0.25) is 0 Å². The van der Waals surface area contributed by atoms with Crippen LogP contribution < -0.4 is 15.8 Å². The Morgan fingerprint density at radius 3 is 2.67 bits per heavy atom. The second-order valence-electron chi connectivity index (χ2n) is 3.72. The average molecular weight is 283 g/mol. The van der Waals surface area contributed by atoms with Crippen LogP contribution in [0.15, 0.2) is 36.4 Å². The van der Waals surface area contributed by atoms with Gasteiger partial charge in [-0.15, -0.1) is 0 Å². The van der Waals surface area contributed by atoms with Crippen molar-refractivity contribution in [3.8, 4) is 5.75 Å². The summed E-state index contributed by atoms with van der Waals surface area (Å²) in [5, 5.41) is 4.12. The van der Waals surface area contributed by atoms with Crippen molar-refractivity contribution in [1.82, 2.24) is 0 Å². The normalized spacial score (nSPS) is 10.2. The van der Waals surface area contributed by atoms with E-state index in [4.69, 9.17) is 33.7 Å². The number of nitrogens with one attached hydrogen (secondary N) is 1. The van der Waals surface area contributed by atoms with E-state index < -0.39 is 0 Å². The maximum Gasteiger partial charge on any atom is 0.122 e. The first-order valence-corrected chi connectivity index (χ1v) is 6.01. The van der Waals surface area contributed by atoms with E-state index in [2.05, 4.69) is 5.32 Å². The van der Waals surface area contributed by atoms with Crippen molar-refractivity contribution in [1.29, 1.82) is 0 Å². The van der Waals surface area contributed by atoms with Crippen LogP contribution >= 0.6 is 23.2 Å². The summed E-state index contributed by atoms with van der Waals surface area (Å²) < 4.78 is 5.15. The molecule has 3 nitrogen and oxygen atoms in total. The monoisotopic (exact) mass is 282 g/mol. The van der Waals surface area contributed by atoms with Gasteiger partial charge in [-0.25, -0.2) is 0 Å². The van der Waals surface area contributed by atoms with Crippen LogP contribution in [0.5, 0.6) is 5.75 Å². The smallest absolute Gasteiger partial charge is 0.122 e. The Morgan fingerprint density at radius 2 is 1.94 bits per heavy atom. The summed E-state index contributed by atoms with van der Waals surface area (Å²) in [5.74, 6) is 0.677. The largest absolute Gasteiger partial charge is 0.497 e. The summed E-state index contributed by atoms with van der Waals surface area (Å²) >= 11 is 12.0. The molecule has 0 aliphatic carbocycles. The molecule has 0 atom stereocenters. The van der Waals surface area contributed by atoms with E-state index in [1.807, 2.05) is 18.2 Å². The number of hydrogen-bond donors (Lipinski definition) is 2. The van der Waals surface area contributed by atoms with Gasteiger partial charge in [0.25, 0.3) is 0 Å². The van der Waals surface area contributed by atoms with Crippen LogP contribution in [0.3, 0.4) is 0 Å². The predicted octanol–water partition coefficient (Wildman–Crippen LogP) is 4.33. The van der Waals surface area contributed by atoms with Gasteiger partial charge in [-0.1, -0.05) is 29.3 Å². The highest BCUT2D eigenvalue weighted by molar-refractivity contribution is 6.43. The van der Waals surface area contributed by atoms with Gasteiger partial charge in [-0.05, 0) is 18.2 Å². The van der Waals surface area contributed by atoms with Crippen molar-refractivity contribution >= 4 is 40.3 Å². The maximum atomic E-state index is 6.10. The van der Waals surface area contributed by atoms with E-state index in [-0.39, 0.29) is 0 Å². The number of nitrogen functional groups attached to an aromatic ring is 1. The molecule has 94 valence electrons. The standard InChI is InChI=1S/C13H12Cl2N2O/c1-18-10-6-8(16)5-9(7-10)17-12-4-2-3-11(14)13(12)15/h2-7,17H,16H2,1H3. The molecule has 0 aromatic heterocycles. The van der Waals surface area contributed by atoms with Crippen LogP contribution in [0, 0.1) is 0 Å². The Morgan fingerprint density at radius 1 is 1.17 bits per heavy atom.